The Morgan fingerprint density at radius 2 is 0.701 bits per heavy atom. The second-order valence-corrected chi connectivity index (χ2v) is 17.8. The van der Waals surface area contributed by atoms with Crippen molar-refractivity contribution < 1.29 is 55.1 Å². The van der Waals surface area contributed by atoms with Crippen LogP contribution in [0.4, 0.5) is 0 Å². The summed E-state index contributed by atoms with van der Waals surface area (Å²) in [5, 5.41) is 23.9. The van der Waals surface area contributed by atoms with Crippen molar-refractivity contribution in [1.82, 2.24) is 0 Å². The fourth-order valence-electron chi connectivity index (χ4n) is 7.12. The van der Waals surface area contributed by atoms with Gasteiger partial charge >= 0.3 is 0 Å². The number of ether oxygens (including phenoxy) is 2. The van der Waals surface area contributed by atoms with Crippen molar-refractivity contribution in [1.29, 1.82) is 0 Å². The molecule has 0 aliphatic rings. The van der Waals surface area contributed by atoms with Crippen molar-refractivity contribution >= 4 is 12.6 Å². The molecule has 0 aromatic heterocycles. The van der Waals surface area contributed by atoms with Gasteiger partial charge in [0.05, 0.1) is 12.6 Å². The third kappa shape index (κ3) is 14.3. The third-order valence-electron chi connectivity index (χ3n) is 10.9. The van der Waals surface area contributed by atoms with Crippen LogP contribution in [-0.2, 0) is 59.1 Å². The molecule has 0 amide bonds. The van der Waals surface area contributed by atoms with Crippen LogP contribution in [0, 0.1) is 0 Å². The van der Waals surface area contributed by atoms with Gasteiger partial charge in [-0.2, -0.15) is 35.4 Å². The van der Waals surface area contributed by atoms with E-state index in [4.69, 9.17) is 9.47 Å². The fourth-order valence-corrected chi connectivity index (χ4v) is 7.12. The first-order valence-corrected chi connectivity index (χ1v) is 22.0. The normalized spacial score (nSPS) is 10.8. The van der Waals surface area contributed by atoms with Gasteiger partial charge in [-0.05, 0) is 94.5 Å². The summed E-state index contributed by atoms with van der Waals surface area (Å²) in [6.45, 7) is 13.1. The Labute approximate surface area is 414 Å². The summed E-state index contributed by atoms with van der Waals surface area (Å²) < 4.78 is 12.6. The predicted octanol–water partition coefficient (Wildman–Crippen LogP) is 14.7. The van der Waals surface area contributed by atoms with Crippen LogP contribution in [0.2, 0.25) is 0 Å². The van der Waals surface area contributed by atoms with Crippen molar-refractivity contribution in [3.05, 3.63) is 228 Å². The number of hydrogen-bond donors (Lipinski definition) is 2. The molecule has 0 saturated heterocycles. The quantitative estimate of drug-likeness (QED) is 0.0990. The molecule has 0 aliphatic carbocycles. The van der Waals surface area contributed by atoms with E-state index in [0.29, 0.717) is 35.5 Å². The topological polar surface area (TPSA) is 93.1 Å². The van der Waals surface area contributed by atoms with Crippen LogP contribution in [-0.4, -0.2) is 22.8 Å². The van der Waals surface area contributed by atoms with Gasteiger partial charge in [0.25, 0.3) is 0 Å². The van der Waals surface area contributed by atoms with Crippen LogP contribution in [0.15, 0.2) is 194 Å². The zero-order valence-corrected chi connectivity index (χ0v) is 42.5. The number of benzene rings is 8. The minimum absolute atomic E-state index is 0. The number of phenols is 2. The monoisotopic (exact) mass is 1050 g/mol. The van der Waals surface area contributed by atoms with E-state index < -0.39 is 0 Å². The van der Waals surface area contributed by atoms with Gasteiger partial charge in [0, 0.05) is 48.1 Å². The standard InChI is InChI=1S/C46H46O4.2C7H5O.Hf/c1-45(2,3)33-27-31(43(47)39(29-33)37-21-13-15-23-41(37)49-35-17-9-7-10-18-35)25-26-32-28-34(46(4,5)6)30-40(44(32)48)38-22-14-16-24-42(38)50-36-19-11-8-12-20-36;2*8-6-7-4-2-1-3-5-7;/h7-24,27-30,47-48H,25-26H2,1-6H3;2*1-5H;/q;2*-1;. The number of aryl methyl sites for hydroxylation is 2. The Bertz CT molecular complexity index is 2620. The van der Waals surface area contributed by atoms with Crippen LogP contribution in [0.5, 0.6) is 34.5 Å². The SMILES string of the molecule is CC(C)(C)c1cc(CCc2cc(C(C)(C)C)cc(-c3ccccc3Oc3ccccc3)c2O)c(O)c(-c2ccccc2Oc2ccccc2)c1.O=[C-]c1ccccc1.O=[C-]c1ccccc1.[Hf]. The summed E-state index contributed by atoms with van der Waals surface area (Å²) in [7, 11) is 0. The molecule has 0 saturated carbocycles. The van der Waals surface area contributed by atoms with Crippen molar-refractivity contribution in [2.75, 3.05) is 0 Å². The first-order chi connectivity index (χ1) is 31.7. The average Bonchev–Trinajstić information content (AvgIpc) is 3.33. The maximum Gasteiger partial charge on any atom is 0.135 e. The van der Waals surface area contributed by atoms with Gasteiger partial charge in [-0.25, -0.2) is 0 Å². The van der Waals surface area contributed by atoms with E-state index in [2.05, 4.69) is 65.8 Å². The van der Waals surface area contributed by atoms with E-state index in [1.807, 2.05) is 121 Å². The first-order valence-electron chi connectivity index (χ1n) is 22.0. The number of hydrogen-bond acceptors (Lipinski definition) is 6. The number of phenolic OH excluding ortho intramolecular Hbond substituents is 2. The minimum atomic E-state index is -0.170. The van der Waals surface area contributed by atoms with Gasteiger partial charge in [0.15, 0.2) is 0 Å². The molecule has 0 aliphatic heterocycles. The van der Waals surface area contributed by atoms with Crippen LogP contribution in [0.25, 0.3) is 22.3 Å². The summed E-state index contributed by atoms with van der Waals surface area (Å²) in [4.78, 5) is 19.8. The Balaban J connectivity index is 0.000000415. The Hall–Kier alpha value is -6.83. The largest absolute Gasteiger partial charge is 0.507 e. The molecule has 0 radical (unpaired) electrons. The summed E-state index contributed by atoms with van der Waals surface area (Å²) >= 11 is 0. The van der Waals surface area contributed by atoms with Crippen molar-refractivity contribution in [2.45, 2.75) is 65.2 Å². The molecule has 8 rings (SSSR count). The summed E-state index contributed by atoms with van der Waals surface area (Å²) in [6.07, 6.45) is 4.60. The second kappa shape index (κ2) is 24.1. The molecule has 0 spiro atoms. The van der Waals surface area contributed by atoms with E-state index >= 15 is 0 Å². The molecule has 8 aromatic carbocycles. The number of para-hydroxylation sites is 4. The van der Waals surface area contributed by atoms with Gasteiger partial charge in [0.2, 0.25) is 0 Å². The average molecular weight is 1050 g/mol. The Morgan fingerprint density at radius 3 is 1.00 bits per heavy atom. The third-order valence-corrected chi connectivity index (χ3v) is 10.9. The molecule has 338 valence electrons. The van der Waals surface area contributed by atoms with E-state index in [1.165, 1.54) is 0 Å². The minimum Gasteiger partial charge on any atom is -0.507 e. The zero-order chi connectivity index (χ0) is 47.1. The van der Waals surface area contributed by atoms with Crippen molar-refractivity contribution in [2.24, 2.45) is 0 Å². The van der Waals surface area contributed by atoms with Gasteiger partial charge < -0.3 is 29.3 Å². The molecular weight excluding hydrogens is 995 g/mol. The number of aromatic hydroxyl groups is 2. The molecule has 0 heterocycles. The Kier molecular flexibility index (Phi) is 18.4. The molecule has 0 unspecified atom stereocenters. The maximum absolute atomic E-state index is 11.9. The molecule has 67 heavy (non-hydrogen) atoms. The van der Waals surface area contributed by atoms with Gasteiger partial charge in [-0.15, -0.1) is 24.3 Å². The van der Waals surface area contributed by atoms with E-state index in [9.17, 15) is 19.8 Å². The zero-order valence-electron chi connectivity index (χ0n) is 38.9. The van der Waals surface area contributed by atoms with Gasteiger partial charge in [0.1, 0.15) is 34.5 Å². The van der Waals surface area contributed by atoms with Gasteiger partial charge in [-0.3, -0.25) is 0 Å². The molecular formula is C60H56HfO6-2. The fraction of sp³-hybridized carbons (Fsp3) is 0.167. The molecule has 7 heteroatoms. The van der Waals surface area contributed by atoms with Gasteiger partial charge in [-0.1, -0.05) is 139 Å². The Morgan fingerprint density at radius 1 is 0.403 bits per heavy atom. The van der Waals surface area contributed by atoms with Crippen molar-refractivity contribution in [3.63, 3.8) is 0 Å². The molecule has 6 nitrogen and oxygen atoms in total. The van der Waals surface area contributed by atoms with Crippen LogP contribution in [0.1, 0.15) is 74.9 Å². The molecule has 2 N–H and O–H groups in total. The molecule has 0 atom stereocenters. The predicted molar refractivity (Wildman–Crippen MR) is 267 cm³/mol. The van der Waals surface area contributed by atoms with Crippen LogP contribution in [0.3, 0.4) is 0 Å². The maximum atomic E-state index is 11.9. The van der Waals surface area contributed by atoms with E-state index in [-0.39, 0.29) is 48.2 Å². The van der Waals surface area contributed by atoms with E-state index in [1.54, 1.807) is 61.1 Å². The second-order valence-electron chi connectivity index (χ2n) is 17.8. The summed E-state index contributed by atoms with van der Waals surface area (Å²) in [6, 6.07) is 61.2. The number of rotatable bonds is 11. The van der Waals surface area contributed by atoms with Crippen molar-refractivity contribution in [3.8, 4) is 56.8 Å². The summed E-state index contributed by atoms with van der Waals surface area (Å²) in [5.41, 5.74) is 7.79. The molecule has 0 fully saturated rings. The summed E-state index contributed by atoms with van der Waals surface area (Å²) in [5.74, 6) is 3.23. The molecule has 8 aromatic rings. The smallest absolute Gasteiger partial charge is 0.135 e. The number of carbonyl (C=O) groups excluding carboxylic acids is 2. The first kappa shape index (κ1) is 51.2. The van der Waals surface area contributed by atoms with Crippen LogP contribution < -0.4 is 9.47 Å². The van der Waals surface area contributed by atoms with E-state index in [0.717, 1.165) is 56.0 Å². The molecule has 0 bridgehead atoms. The van der Waals surface area contributed by atoms with Crippen LogP contribution >= 0.6 is 0 Å².